The third-order valence-electron chi connectivity index (χ3n) is 3.24. The largest absolute Gasteiger partial charge is 0.364 e. The fourth-order valence-electron chi connectivity index (χ4n) is 2.39. The third kappa shape index (κ3) is 2.38. The van der Waals surface area contributed by atoms with Gasteiger partial charge in [-0.25, -0.2) is 9.50 Å². The summed E-state index contributed by atoms with van der Waals surface area (Å²) < 4.78 is 28.3. The van der Waals surface area contributed by atoms with Crippen LogP contribution in [0, 0.1) is 13.8 Å². The van der Waals surface area contributed by atoms with E-state index in [0.717, 1.165) is 15.6 Å². The summed E-state index contributed by atoms with van der Waals surface area (Å²) in [4.78, 5) is 4.36. The smallest absolute Gasteiger partial charge is 0.233 e. The molecule has 0 spiro atoms. The van der Waals surface area contributed by atoms with Crippen LogP contribution in [0.25, 0.3) is 16.8 Å². The van der Waals surface area contributed by atoms with Crippen molar-refractivity contribution in [3.63, 3.8) is 0 Å². The second-order valence-corrected chi connectivity index (χ2v) is 5.32. The minimum Gasteiger partial charge on any atom is -0.233 e. The zero-order valence-corrected chi connectivity index (χ0v) is 12.2. The molecule has 6 heteroatoms. The summed E-state index contributed by atoms with van der Waals surface area (Å²) in [6.45, 7) is 3.42. The number of nitrogens with zero attached hydrogens (tertiary/aromatic N) is 3. The fraction of sp³-hybridized carbons (Fsp3) is 0.200. The normalized spacial score (nSPS) is 12.0. The first-order valence-corrected chi connectivity index (χ1v) is 6.75. The first kappa shape index (κ1) is 13.9. The molecule has 3 nitrogen and oxygen atoms in total. The second kappa shape index (κ2) is 4.77. The number of rotatable bonds is 2. The van der Waals surface area contributed by atoms with Crippen molar-refractivity contribution in [1.82, 2.24) is 14.6 Å². The third-order valence-corrected chi connectivity index (χ3v) is 3.44. The zero-order chi connectivity index (χ0) is 15.2. The fourth-order valence-corrected chi connectivity index (χ4v) is 2.52. The Balaban J connectivity index is 2.39. The van der Waals surface area contributed by atoms with E-state index in [2.05, 4.69) is 10.1 Å². The van der Waals surface area contributed by atoms with Gasteiger partial charge in [-0.3, -0.25) is 0 Å². The molecule has 0 N–H and O–H groups in total. The Morgan fingerprint density at radius 2 is 1.81 bits per heavy atom. The van der Waals surface area contributed by atoms with Crippen LogP contribution in [0.2, 0.25) is 0 Å². The molecule has 0 aliphatic rings. The molecular formula is C15H12ClF2N3. The van der Waals surface area contributed by atoms with Crippen LogP contribution in [-0.2, 0) is 5.38 Å². The van der Waals surface area contributed by atoms with E-state index in [1.54, 1.807) is 13.8 Å². The van der Waals surface area contributed by atoms with E-state index in [1.807, 2.05) is 30.3 Å². The molecule has 0 atom stereocenters. The van der Waals surface area contributed by atoms with E-state index >= 15 is 0 Å². The SMILES string of the molecule is Cc1cc(C(F)(F)Cl)n2nc(C)c(-c3ccccc3)c2n1. The molecule has 0 radical (unpaired) electrons. The Morgan fingerprint density at radius 1 is 1.14 bits per heavy atom. The molecular weight excluding hydrogens is 296 g/mol. The maximum absolute atomic E-state index is 13.6. The van der Waals surface area contributed by atoms with Crippen LogP contribution in [0.1, 0.15) is 17.1 Å². The Kier molecular flexibility index (Phi) is 3.17. The van der Waals surface area contributed by atoms with Gasteiger partial charge in [-0.05, 0) is 37.1 Å². The molecule has 0 saturated heterocycles. The summed E-state index contributed by atoms with van der Waals surface area (Å²) >= 11 is 5.20. The van der Waals surface area contributed by atoms with Crippen molar-refractivity contribution in [1.29, 1.82) is 0 Å². The van der Waals surface area contributed by atoms with Crippen molar-refractivity contribution in [3.8, 4) is 11.1 Å². The van der Waals surface area contributed by atoms with Crippen molar-refractivity contribution in [2.45, 2.75) is 19.2 Å². The minimum atomic E-state index is -3.50. The van der Waals surface area contributed by atoms with Crippen molar-refractivity contribution in [3.05, 3.63) is 53.5 Å². The van der Waals surface area contributed by atoms with Gasteiger partial charge in [0.2, 0.25) is 0 Å². The quantitative estimate of drug-likeness (QED) is 0.661. The van der Waals surface area contributed by atoms with Gasteiger partial charge in [-0.2, -0.15) is 13.9 Å². The molecule has 0 aliphatic carbocycles. The zero-order valence-electron chi connectivity index (χ0n) is 11.4. The number of fused-ring (bicyclic) bond motifs is 1. The lowest BCUT2D eigenvalue weighted by molar-refractivity contribution is 0.0871. The molecule has 0 aliphatic heterocycles. The van der Waals surface area contributed by atoms with E-state index in [0.29, 0.717) is 17.0 Å². The van der Waals surface area contributed by atoms with Gasteiger partial charge in [-0.1, -0.05) is 30.3 Å². The number of hydrogen-bond acceptors (Lipinski definition) is 2. The Hall–Kier alpha value is -2.01. The number of aryl methyl sites for hydroxylation is 2. The number of benzene rings is 1. The van der Waals surface area contributed by atoms with Crippen molar-refractivity contribution in [2.24, 2.45) is 0 Å². The molecule has 0 saturated carbocycles. The van der Waals surface area contributed by atoms with Crippen molar-refractivity contribution < 1.29 is 8.78 Å². The maximum atomic E-state index is 13.6. The molecule has 0 bridgehead atoms. The van der Waals surface area contributed by atoms with Crippen LogP contribution >= 0.6 is 11.6 Å². The highest BCUT2D eigenvalue weighted by molar-refractivity contribution is 6.21. The standard InChI is InChI=1S/C15H12ClF2N3/c1-9-8-12(15(16,17)18)21-14(19-9)13(10(2)20-21)11-6-4-3-5-7-11/h3-8H,1-2H3. The van der Waals surface area contributed by atoms with E-state index in [-0.39, 0.29) is 5.69 Å². The Bertz CT molecular complexity index is 807. The highest BCUT2D eigenvalue weighted by Gasteiger charge is 2.33. The average molecular weight is 308 g/mol. The lowest BCUT2D eigenvalue weighted by Crippen LogP contribution is -2.12. The molecule has 0 amide bonds. The molecule has 0 fully saturated rings. The number of hydrogen-bond donors (Lipinski definition) is 0. The predicted molar refractivity (Wildman–Crippen MR) is 77.6 cm³/mol. The van der Waals surface area contributed by atoms with Gasteiger partial charge in [0.1, 0.15) is 5.69 Å². The summed E-state index contributed by atoms with van der Waals surface area (Å²) in [5.41, 5.74) is 2.72. The van der Waals surface area contributed by atoms with Crippen LogP contribution in [0.15, 0.2) is 36.4 Å². The van der Waals surface area contributed by atoms with E-state index < -0.39 is 5.38 Å². The average Bonchev–Trinajstić information content (AvgIpc) is 2.73. The molecule has 0 unspecified atom stereocenters. The number of alkyl halides is 3. The molecule has 1 aromatic carbocycles. The van der Waals surface area contributed by atoms with Crippen LogP contribution in [0.4, 0.5) is 8.78 Å². The lowest BCUT2D eigenvalue weighted by atomic mass is 10.1. The minimum absolute atomic E-state index is 0.378. The summed E-state index contributed by atoms with van der Waals surface area (Å²) in [6.07, 6.45) is 0. The summed E-state index contributed by atoms with van der Waals surface area (Å²) in [5.74, 6) is 0. The number of halogens is 3. The van der Waals surface area contributed by atoms with Crippen LogP contribution in [0.5, 0.6) is 0 Å². The van der Waals surface area contributed by atoms with Crippen molar-refractivity contribution >= 4 is 17.2 Å². The molecule has 2 aromatic heterocycles. The van der Waals surface area contributed by atoms with Gasteiger partial charge in [0.15, 0.2) is 5.65 Å². The van der Waals surface area contributed by atoms with Gasteiger partial charge in [-0.15, -0.1) is 0 Å². The van der Waals surface area contributed by atoms with Gasteiger partial charge >= 0.3 is 5.38 Å². The first-order valence-electron chi connectivity index (χ1n) is 6.37. The summed E-state index contributed by atoms with van der Waals surface area (Å²) in [6, 6.07) is 10.7. The number of aromatic nitrogens is 3. The van der Waals surface area contributed by atoms with Crippen LogP contribution in [-0.4, -0.2) is 14.6 Å². The molecule has 21 heavy (non-hydrogen) atoms. The predicted octanol–water partition coefficient (Wildman–Crippen LogP) is 4.30. The van der Waals surface area contributed by atoms with E-state index in [1.165, 1.54) is 6.07 Å². The van der Waals surface area contributed by atoms with Crippen molar-refractivity contribution in [2.75, 3.05) is 0 Å². The molecule has 2 heterocycles. The molecule has 3 aromatic rings. The van der Waals surface area contributed by atoms with Gasteiger partial charge < -0.3 is 0 Å². The monoisotopic (exact) mass is 307 g/mol. The lowest BCUT2D eigenvalue weighted by Gasteiger charge is -2.11. The van der Waals surface area contributed by atoms with E-state index in [9.17, 15) is 8.78 Å². The van der Waals surface area contributed by atoms with Gasteiger partial charge in [0.25, 0.3) is 0 Å². The Morgan fingerprint density at radius 3 is 2.43 bits per heavy atom. The highest BCUT2D eigenvalue weighted by atomic mass is 35.5. The van der Waals surface area contributed by atoms with Crippen LogP contribution in [0.3, 0.4) is 0 Å². The van der Waals surface area contributed by atoms with E-state index in [4.69, 9.17) is 11.6 Å². The Labute approximate surface area is 125 Å². The van der Waals surface area contributed by atoms with Gasteiger partial charge in [0, 0.05) is 11.3 Å². The second-order valence-electron chi connectivity index (χ2n) is 4.84. The highest BCUT2D eigenvalue weighted by Crippen LogP contribution is 2.35. The first-order chi connectivity index (χ1) is 9.88. The van der Waals surface area contributed by atoms with Gasteiger partial charge in [0.05, 0.1) is 5.69 Å². The van der Waals surface area contributed by atoms with Crippen LogP contribution < -0.4 is 0 Å². The topological polar surface area (TPSA) is 30.2 Å². The maximum Gasteiger partial charge on any atom is 0.364 e. The summed E-state index contributed by atoms with van der Waals surface area (Å²) in [7, 11) is 0. The molecule has 3 rings (SSSR count). The summed E-state index contributed by atoms with van der Waals surface area (Å²) in [5, 5.41) is 0.685. The molecule has 108 valence electrons.